The molecular formula is C14H17ClN4O3. The lowest BCUT2D eigenvalue weighted by Crippen LogP contribution is -2.41. The van der Waals surface area contributed by atoms with Crippen LogP contribution in [-0.4, -0.2) is 44.1 Å². The first-order chi connectivity index (χ1) is 10.5. The van der Waals surface area contributed by atoms with Crippen LogP contribution in [0, 0.1) is 16.0 Å². The Hall–Kier alpha value is -1.86. The molecule has 0 radical (unpaired) electrons. The Morgan fingerprint density at radius 2 is 2.27 bits per heavy atom. The number of allylic oxidation sites excluding steroid dienone is 1. The van der Waals surface area contributed by atoms with Gasteiger partial charge < -0.3 is 14.9 Å². The van der Waals surface area contributed by atoms with Crippen LogP contribution in [0.3, 0.4) is 0 Å². The molecule has 0 bridgehead atoms. The standard InChI is InChI=1S/C14H17ClN4O3/c1-9-7-12(20)18-6-5-17(14(18)13(9)19(21)22)8-10-3-2-4-11(15)16-10/h2-4,9,12,20H,5-8H2,1H3. The van der Waals surface area contributed by atoms with E-state index in [0.29, 0.717) is 37.0 Å². The molecule has 0 spiro atoms. The van der Waals surface area contributed by atoms with Crippen LogP contribution in [0.2, 0.25) is 5.15 Å². The maximum absolute atomic E-state index is 11.4. The summed E-state index contributed by atoms with van der Waals surface area (Å²) in [5, 5.41) is 22.0. The maximum Gasteiger partial charge on any atom is 0.289 e. The van der Waals surface area contributed by atoms with E-state index in [1.807, 2.05) is 11.0 Å². The molecule has 1 aromatic rings. The summed E-state index contributed by atoms with van der Waals surface area (Å²) in [6.45, 7) is 3.40. The van der Waals surface area contributed by atoms with Crippen molar-refractivity contribution in [1.82, 2.24) is 14.8 Å². The first-order valence-electron chi connectivity index (χ1n) is 7.17. The molecule has 1 saturated heterocycles. The van der Waals surface area contributed by atoms with Gasteiger partial charge in [0.1, 0.15) is 11.4 Å². The summed E-state index contributed by atoms with van der Waals surface area (Å²) in [6.07, 6.45) is -0.297. The third-order valence-electron chi connectivity index (χ3n) is 4.12. The van der Waals surface area contributed by atoms with E-state index in [1.54, 1.807) is 24.0 Å². The van der Waals surface area contributed by atoms with Crippen LogP contribution in [0.1, 0.15) is 19.0 Å². The molecule has 2 unspecified atom stereocenters. The number of fused-ring (bicyclic) bond motifs is 1. The molecule has 1 N–H and O–H groups in total. The Kier molecular flexibility index (Phi) is 3.92. The second-order valence-corrected chi connectivity index (χ2v) is 6.04. The van der Waals surface area contributed by atoms with Crippen molar-refractivity contribution in [2.45, 2.75) is 26.1 Å². The third-order valence-corrected chi connectivity index (χ3v) is 4.34. The van der Waals surface area contributed by atoms with E-state index in [9.17, 15) is 15.2 Å². The largest absolute Gasteiger partial charge is 0.374 e. The van der Waals surface area contributed by atoms with Crippen LogP contribution in [0.25, 0.3) is 0 Å². The Morgan fingerprint density at radius 3 is 2.95 bits per heavy atom. The molecule has 118 valence electrons. The summed E-state index contributed by atoms with van der Waals surface area (Å²) in [5.41, 5.74) is 0.919. The topological polar surface area (TPSA) is 82.7 Å². The highest BCUT2D eigenvalue weighted by Gasteiger charge is 2.44. The van der Waals surface area contributed by atoms with Gasteiger partial charge in [-0.2, -0.15) is 0 Å². The van der Waals surface area contributed by atoms with E-state index in [2.05, 4.69) is 4.98 Å². The van der Waals surface area contributed by atoms with Gasteiger partial charge in [0, 0.05) is 19.5 Å². The lowest BCUT2D eigenvalue weighted by atomic mass is 9.98. The van der Waals surface area contributed by atoms with Gasteiger partial charge in [0.05, 0.1) is 23.1 Å². The highest BCUT2D eigenvalue weighted by atomic mass is 35.5. The van der Waals surface area contributed by atoms with E-state index >= 15 is 0 Å². The quantitative estimate of drug-likeness (QED) is 0.517. The van der Waals surface area contributed by atoms with Gasteiger partial charge in [-0.05, 0) is 12.1 Å². The highest BCUT2D eigenvalue weighted by Crippen LogP contribution is 2.36. The number of aliphatic hydroxyl groups is 1. The van der Waals surface area contributed by atoms with E-state index in [4.69, 9.17) is 11.6 Å². The minimum atomic E-state index is -0.675. The predicted octanol–water partition coefficient (Wildman–Crippen LogP) is 1.66. The molecule has 0 saturated carbocycles. The zero-order chi connectivity index (χ0) is 15.9. The van der Waals surface area contributed by atoms with Crippen molar-refractivity contribution >= 4 is 11.6 Å². The van der Waals surface area contributed by atoms with Gasteiger partial charge in [-0.3, -0.25) is 10.1 Å². The van der Waals surface area contributed by atoms with Crippen LogP contribution in [0.4, 0.5) is 0 Å². The molecule has 0 amide bonds. The van der Waals surface area contributed by atoms with Gasteiger partial charge in [-0.15, -0.1) is 0 Å². The van der Waals surface area contributed by atoms with Gasteiger partial charge in [0.25, 0.3) is 5.70 Å². The molecule has 3 heterocycles. The summed E-state index contributed by atoms with van der Waals surface area (Å²) in [7, 11) is 0. The predicted molar refractivity (Wildman–Crippen MR) is 80.2 cm³/mol. The first kappa shape index (κ1) is 15.1. The van der Waals surface area contributed by atoms with E-state index in [1.165, 1.54) is 0 Å². The number of aromatic nitrogens is 1. The summed E-state index contributed by atoms with van der Waals surface area (Å²) >= 11 is 5.89. The second kappa shape index (κ2) is 5.73. The van der Waals surface area contributed by atoms with Crippen molar-refractivity contribution in [2.24, 2.45) is 5.92 Å². The van der Waals surface area contributed by atoms with Gasteiger partial charge in [-0.1, -0.05) is 24.6 Å². The Balaban J connectivity index is 1.95. The smallest absolute Gasteiger partial charge is 0.289 e. The van der Waals surface area contributed by atoms with Crippen molar-refractivity contribution in [2.75, 3.05) is 13.1 Å². The van der Waals surface area contributed by atoms with Crippen LogP contribution in [0.15, 0.2) is 29.7 Å². The van der Waals surface area contributed by atoms with Crippen molar-refractivity contribution in [3.63, 3.8) is 0 Å². The molecule has 0 aromatic carbocycles. The monoisotopic (exact) mass is 324 g/mol. The maximum atomic E-state index is 11.4. The van der Waals surface area contributed by atoms with E-state index in [-0.39, 0.29) is 16.5 Å². The molecular weight excluding hydrogens is 308 g/mol. The number of nitro groups is 1. The van der Waals surface area contributed by atoms with Crippen LogP contribution in [-0.2, 0) is 6.54 Å². The minimum absolute atomic E-state index is 0.171. The second-order valence-electron chi connectivity index (χ2n) is 5.65. The third kappa shape index (κ3) is 2.62. The number of rotatable bonds is 3. The fraction of sp³-hybridized carbons (Fsp3) is 0.500. The lowest BCUT2D eigenvalue weighted by Gasteiger charge is -2.34. The van der Waals surface area contributed by atoms with Gasteiger partial charge in [0.15, 0.2) is 5.82 Å². The van der Waals surface area contributed by atoms with Gasteiger partial charge >= 0.3 is 0 Å². The summed E-state index contributed by atoms with van der Waals surface area (Å²) in [5.74, 6) is 0.224. The molecule has 22 heavy (non-hydrogen) atoms. The number of aliphatic hydroxyl groups excluding tert-OH is 1. The van der Waals surface area contributed by atoms with Crippen molar-refractivity contribution in [3.8, 4) is 0 Å². The van der Waals surface area contributed by atoms with Gasteiger partial charge in [0.2, 0.25) is 0 Å². The number of hydrogen-bond acceptors (Lipinski definition) is 6. The molecule has 2 atom stereocenters. The zero-order valence-corrected chi connectivity index (χ0v) is 12.9. The fourth-order valence-electron chi connectivity index (χ4n) is 3.15. The number of halogens is 1. The molecule has 3 rings (SSSR count). The SMILES string of the molecule is CC1CC(O)N2CCN(Cc3cccc(Cl)n3)C2=C1[N+](=O)[O-]. The molecule has 7 nitrogen and oxygen atoms in total. The number of nitrogens with zero attached hydrogens (tertiary/aromatic N) is 4. The van der Waals surface area contributed by atoms with E-state index in [0.717, 1.165) is 5.69 Å². The first-order valence-corrected chi connectivity index (χ1v) is 7.55. The Morgan fingerprint density at radius 1 is 1.50 bits per heavy atom. The molecule has 2 aliphatic heterocycles. The molecule has 8 heteroatoms. The number of pyridine rings is 1. The molecule has 1 aromatic heterocycles. The van der Waals surface area contributed by atoms with Crippen LogP contribution < -0.4 is 0 Å². The fourth-order valence-corrected chi connectivity index (χ4v) is 3.33. The molecule has 2 aliphatic rings. The van der Waals surface area contributed by atoms with Crippen LogP contribution >= 0.6 is 11.6 Å². The number of hydrogen-bond donors (Lipinski definition) is 1. The van der Waals surface area contributed by atoms with Crippen molar-refractivity contribution in [3.05, 3.63) is 50.7 Å². The summed E-state index contributed by atoms with van der Waals surface area (Å²) < 4.78 is 0. The average Bonchev–Trinajstić information content (AvgIpc) is 2.82. The van der Waals surface area contributed by atoms with E-state index < -0.39 is 6.23 Å². The zero-order valence-electron chi connectivity index (χ0n) is 12.1. The molecule has 0 aliphatic carbocycles. The average molecular weight is 325 g/mol. The Bertz CT molecular complexity index is 636. The van der Waals surface area contributed by atoms with Gasteiger partial charge in [-0.25, -0.2) is 4.98 Å². The highest BCUT2D eigenvalue weighted by molar-refractivity contribution is 6.29. The van der Waals surface area contributed by atoms with Crippen LogP contribution in [0.5, 0.6) is 0 Å². The van der Waals surface area contributed by atoms with Crippen molar-refractivity contribution in [1.29, 1.82) is 0 Å². The lowest BCUT2D eigenvalue weighted by molar-refractivity contribution is -0.439. The molecule has 1 fully saturated rings. The summed E-state index contributed by atoms with van der Waals surface area (Å²) in [4.78, 5) is 19.0. The Labute approximate surface area is 133 Å². The minimum Gasteiger partial charge on any atom is -0.374 e. The summed E-state index contributed by atoms with van der Waals surface area (Å²) in [6, 6.07) is 5.33. The van der Waals surface area contributed by atoms with Crippen molar-refractivity contribution < 1.29 is 10.0 Å². The normalized spacial score (nSPS) is 24.7.